The molecule has 0 bridgehead atoms. The fourth-order valence-electron chi connectivity index (χ4n) is 1.29. The number of hydrogen-bond donors (Lipinski definition) is 1. The van der Waals surface area contributed by atoms with Gasteiger partial charge in [-0.3, -0.25) is 4.79 Å². The molecule has 4 heteroatoms. The Hall–Kier alpha value is -0.870. The number of carbonyl (C=O) groups is 1. The van der Waals surface area contributed by atoms with E-state index in [1.807, 2.05) is 27.0 Å². The van der Waals surface area contributed by atoms with Crippen molar-refractivity contribution in [3.05, 3.63) is 22.4 Å². The predicted molar refractivity (Wildman–Crippen MR) is 68.6 cm³/mol. The topological polar surface area (TPSA) is 32.3 Å². The molecule has 0 fully saturated rings. The van der Waals surface area contributed by atoms with Gasteiger partial charge in [0.25, 0.3) is 0 Å². The first kappa shape index (κ1) is 13.2. The molecule has 16 heavy (non-hydrogen) atoms. The summed E-state index contributed by atoms with van der Waals surface area (Å²) in [6, 6.07) is 4.61. The van der Waals surface area contributed by atoms with Crippen molar-refractivity contribution in [1.82, 2.24) is 10.2 Å². The molecule has 0 radical (unpaired) electrons. The van der Waals surface area contributed by atoms with Crippen LogP contribution in [0.25, 0.3) is 0 Å². The van der Waals surface area contributed by atoms with Crippen LogP contribution in [0.4, 0.5) is 0 Å². The maximum atomic E-state index is 11.7. The number of nitrogens with one attached hydrogen (secondary N) is 1. The van der Waals surface area contributed by atoms with Gasteiger partial charge in [0.1, 0.15) is 0 Å². The first-order chi connectivity index (χ1) is 7.52. The smallest absolute Gasteiger partial charge is 0.236 e. The van der Waals surface area contributed by atoms with Crippen molar-refractivity contribution < 1.29 is 4.79 Å². The predicted octanol–water partition coefficient (Wildman–Crippen LogP) is 2.27. The standard InChI is InChI=1S/C12H20N2OS/c1-9(2)14(4)12(15)8-13-10(3)11-6-5-7-16-11/h5-7,9-10,13H,8H2,1-4H3/t10-/m1/s1. The van der Waals surface area contributed by atoms with Gasteiger partial charge in [0, 0.05) is 24.0 Å². The number of hydrogen-bond acceptors (Lipinski definition) is 3. The second-order valence-electron chi connectivity index (χ2n) is 4.22. The van der Waals surface area contributed by atoms with Crippen LogP contribution in [0, 0.1) is 0 Å². The summed E-state index contributed by atoms with van der Waals surface area (Å²) in [5.41, 5.74) is 0. The van der Waals surface area contributed by atoms with Crippen molar-refractivity contribution in [2.45, 2.75) is 32.9 Å². The van der Waals surface area contributed by atoms with Gasteiger partial charge in [0.05, 0.1) is 6.54 Å². The van der Waals surface area contributed by atoms with E-state index < -0.39 is 0 Å². The van der Waals surface area contributed by atoms with E-state index in [-0.39, 0.29) is 18.0 Å². The molecule has 0 saturated carbocycles. The maximum absolute atomic E-state index is 11.7. The Labute approximate surface area is 101 Å². The molecule has 0 aliphatic heterocycles. The van der Waals surface area contributed by atoms with E-state index in [1.165, 1.54) is 4.88 Å². The second-order valence-corrected chi connectivity index (χ2v) is 5.20. The Morgan fingerprint density at radius 3 is 2.69 bits per heavy atom. The van der Waals surface area contributed by atoms with Gasteiger partial charge in [-0.25, -0.2) is 0 Å². The van der Waals surface area contributed by atoms with Crippen molar-refractivity contribution >= 4 is 17.2 Å². The molecular formula is C12H20N2OS. The van der Waals surface area contributed by atoms with Gasteiger partial charge in [-0.15, -0.1) is 11.3 Å². The summed E-state index contributed by atoms with van der Waals surface area (Å²) in [6.45, 7) is 6.50. The number of likely N-dealkylation sites (N-methyl/N-ethyl adjacent to an activating group) is 1. The van der Waals surface area contributed by atoms with Gasteiger partial charge in [-0.05, 0) is 32.2 Å². The van der Waals surface area contributed by atoms with Gasteiger partial charge >= 0.3 is 0 Å². The van der Waals surface area contributed by atoms with Crippen LogP contribution in [-0.2, 0) is 4.79 Å². The molecule has 1 aromatic heterocycles. The van der Waals surface area contributed by atoms with Crippen molar-refractivity contribution in [1.29, 1.82) is 0 Å². The molecule has 0 saturated heterocycles. The molecule has 1 amide bonds. The molecule has 0 spiro atoms. The summed E-state index contributed by atoms with van der Waals surface area (Å²) in [4.78, 5) is 14.7. The Morgan fingerprint density at radius 2 is 2.19 bits per heavy atom. The molecular weight excluding hydrogens is 220 g/mol. The van der Waals surface area contributed by atoms with Crippen LogP contribution < -0.4 is 5.32 Å². The largest absolute Gasteiger partial charge is 0.342 e. The summed E-state index contributed by atoms with van der Waals surface area (Å²) >= 11 is 1.71. The lowest BCUT2D eigenvalue weighted by Crippen LogP contribution is -2.39. The summed E-state index contributed by atoms with van der Waals surface area (Å²) < 4.78 is 0. The van der Waals surface area contributed by atoms with Gasteiger partial charge in [-0.2, -0.15) is 0 Å². The first-order valence-corrected chi connectivity index (χ1v) is 6.42. The van der Waals surface area contributed by atoms with Crippen LogP contribution in [0.5, 0.6) is 0 Å². The molecule has 1 aromatic rings. The average molecular weight is 240 g/mol. The monoisotopic (exact) mass is 240 g/mol. The summed E-state index contributed by atoms with van der Waals surface area (Å²) in [7, 11) is 1.84. The number of thiophene rings is 1. The minimum absolute atomic E-state index is 0.137. The minimum atomic E-state index is 0.137. The molecule has 0 aromatic carbocycles. The van der Waals surface area contributed by atoms with Crippen LogP contribution in [-0.4, -0.2) is 30.4 Å². The van der Waals surface area contributed by atoms with Crippen LogP contribution >= 0.6 is 11.3 Å². The van der Waals surface area contributed by atoms with Crippen molar-refractivity contribution in [2.75, 3.05) is 13.6 Å². The number of carbonyl (C=O) groups excluding carboxylic acids is 1. The van der Waals surface area contributed by atoms with Crippen molar-refractivity contribution in [2.24, 2.45) is 0 Å². The second kappa shape index (κ2) is 6.01. The van der Waals surface area contributed by atoms with E-state index in [2.05, 4.69) is 23.7 Å². The van der Waals surface area contributed by atoms with Crippen LogP contribution in [0.15, 0.2) is 17.5 Å². The Morgan fingerprint density at radius 1 is 1.50 bits per heavy atom. The van der Waals surface area contributed by atoms with Gasteiger partial charge in [-0.1, -0.05) is 6.07 Å². The molecule has 1 atom stereocenters. The molecule has 0 aliphatic carbocycles. The lowest BCUT2D eigenvalue weighted by molar-refractivity contribution is -0.130. The van der Waals surface area contributed by atoms with E-state index in [4.69, 9.17) is 0 Å². The molecule has 0 aliphatic rings. The van der Waals surface area contributed by atoms with Crippen molar-refractivity contribution in [3.8, 4) is 0 Å². The minimum Gasteiger partial charge on any atom is -0.342 e. The SMILES string of the molecule is CC(C)N(C)C(=O)CN[C@H](C)c1cccs1. The van der Waals surface area contributed by atoms with Crippen molar-refractivity contribution in [3.63, 3.8) is 0 Å². The van der Waals surface area contributed by atoms with E-state index in [0.29, 0.717) is 6.54 Å². The fourth-order valence-corrected chi connectivity index (χ4v) is 2.05. The Kier molecular flexibility index (Phi) is 4.96. The zero-order valence-corrected chi connectivity index (χ0v) is 11.2. The Bertz CT molecular complexity index is 322. The summed E-state index contributed by atoms with van der Waals surface area (Å²) in [5.74, 6) is 0.137. The summed E-state index contributed by atoms with van der Waals surface area (Å²) in [6.07, 6.45) is 0. The average Bonchev–Trinajstić information content (AvgIpc) is 2.77. The van der Waals surface area contributed by atoms with Crippen LogP contribution in [0.3, 0.4) is 0 Å². The van der Waals surface area contributed by atoms with E-state index >= 15 is 0 Å². The third-order valence-corrected chi connectivity index (χ3v) is 3.75. The number of nitrogens with zero attached hydrogens (tertiary/aromatic N) is 1. The lowest BCUT2D eigenvalue weighted by atomic mass is 10.2. The molecule has 1 rings (SSSR count). The highest BCUT2D eigenvalue weighted by Crippen LogP contribution is 2.17. The normalized spacial score (nSPS) is 12.8. The van der Waals surface area contributed by atoms with E-state index in [0.717, 1.165) is 0 Å². The molecule has 3 nitrogen and oxygen atoms in total. The van der Waals surface area contributed by atoms with Gasteiger partial charge in [0.2, 0.25) is 5.91 Å². The van der Waals surface area contributed by atoms with Crippen LogP contribution in [0.1, 0.15) is 31.7 Å². The third kappa shape index (κ3) is 3.61. The molecule has 90 valence electrons. The zero-order valence-electron chi connectivity index (χ0n) is 10.4. The third-order valence-electron chi connectivity index (χ3n) is 2.70. The number of amides is 1. The van der Waals surface area contributed by atoms with Crippen LogP contribution in [0.2, 0.25) is 0 Å². The van der Waals surface area contributed by atoms with E-state index in [9.17, 15) is 4.79 Å². The maximum Gasteiger partial charge on any atom is 0.236 e. The molecule has 1 heterocycles. The quantitative estimate of drug-likeness (QED) is 0.856. The first-order valence-electron chi connectivity index (χ1n) is 5.54. The molecule has 1 N–H and O–H groups in total. The molecule has 0 unspecified atom stereocenters. The lowest BCUT2D eigenvalue weighted by Gasteiger charge is -2.22. The van der Waals surface area contributed by atoms with E-state index in [1.54, 1.807) is 16.2 Å². The Balaban J connectivity index is 2.37. The highest BCUT2D eigenvalue weighted by atomic mass is 32.1. The summed E-state index contributed by atoms with van der Waals surface area (Å²) in [5, 5.41) is 5.29. The highest BCUT2D eigenvalue weighted by molar-refractivity contribution is 7.10. The van der Waals surface area contributed by atoms with Gasteiger partial charge in [0.15, 0.2) is 0 Å². The number of rotatable bonds is 5. The zero-order chi connectivity index (χ0) is 12.1. The fraction of sp³-hybridized carbons (Fsp3) is 0.583. The highest BCUT2D eigenvalue weighted by Gasteiger charge is 2.13. The van der Waals surface area contributed by atoms with Gasteiger partial charge < -0.3 is 10.2 Å².